The van der Waals surface area contributed by atoms with E-state index < -0.39 is 0 Å². The minimum Gasteiger partial charge on any atom is -0.308 e. The summed E-state index contributed by atoms with van der Waals surface area (Å²) in [4.78, 5) is 4.79. The summed E-state index contributed by atoms with van der Waals surface area (Å²) in [7, 11) is 4.27. The van der Waals surface area contributed by atoms with Crippen LogP contribution in [-0.2, 0) is 0 Å². The fourth-order valence-electron chi connectivity index (χ4n) is 1.35. The quantitative estimate of drug-likeness (QED) is 0.470. The van der Waals surface area contributed by atoms with Crippen LogP contribution in [0.4, 0.5) is 0 Å². The highest BCUT2D eigenvalue weighted by atomic mass is 127. The van der Waals surface area contributed by atoms with Crippen LogP contribution in [0.5, 0.6) is 0 Å². The first-order valence-corrected chi connectivity index (χ1v) is 5.16. The first-order valence-electron chi connectivity index (χ1n) is 5.16. The molecule has 1 saturated heterocycles. The Morgan fingerprint density at radius 2 is 1.31 bits per heavy atom. The Morgan fingerprint density at radius 1 is 0.938 bits per heavy atom. The van der Waals surface area contributed by atoms with Crippen molar-refractivity contribution in [3.05, 3.63) is 0 Å². The van der Waals surface area contributed by atoms with Gasteiger partial charge in [-0.05, 0) is 40.0 Å². The van der Waals surface area contributed by atoms with Crippen LogP contribution in [0, 0.1) is 0 Å². The fourth-order valence-corrected chi connectivity index (χ4v) is 1.35. The number of hydrogen-bond donors (Lipinski definition) is 0. The lowest BCUT2D eigenvalue weighted by Gasteiger charge is -2.17. The lowest BCUT2D eigenvalue weighted by Crippen LogP contribution is -2.29. The minimum absolute atomic E-state index is 0. The first kappa shape index (κ1) is 30.8. The van der Waals surface area contributed by atoms with E-state index in [4.69, 9.17) is 0 Å². The lowest BCUT2D eigenvalue weighted by atomic mass is 10.4. The van der Waals surface area contributed by atoms with Gasteiger partial charge in [0.2, 0.25) is 0 Å². The molecule has 16 heavy (non-hydrogen) atoms. The fraction of sp³-hybridized carbons (Fsp3) is 1.00. The van der Waals surface area contributed by atoms with Gasteiger partial charge in [-0.2, -0.15) is 0 Å². The summed E-state index contributed by atoms with van der Waals surface area (Å²) in [6.45, 7) is 9.12. The molecule has 0 bridgehead atoms. The van der Waals surface area contributed by atoms with Crippen LogP contribution in [-0.4, -0.2) is 50.1 Å². The van der Waals surface area contributed by atoms with E-state index in [2.05, 4.69) is 23.9 Å². The number of halogens is 3. The molecule has 0 aromatic heterocycles. The van der Waals surface area contributed by atoms with Crippen molar-refractivity contribution >= 4 is 71.9 Å². The van der Waals surface area contributed by atoms with Gasteiger partial charge in [0.05, 0.1) is 0 Å². The molecule has 0 aromatic carbocycles. The minimum atomic E-state index is 0. The van der Waals surface area contributed by atoms with Crippen molar-refractivity contribution in [2.24, 2.45) is 0 Å². The maximum Gasteiger partial charge on any atom is 0.0109 e. The van der Waals surface area contributed by atoms with Crippen LogP contribution >= 0.6 is 71.9 Å². The van der Waals surface area contributed by atoms with E-state index in [1.54, 1.807) is 0 Å². The number of nitrogens with zero attached hydrogens (tertiary/aromatic N) is 2. The highest BCUT2D eigenvalue weighted by molar-refractivity contribution is 14.0. The maximum absolute atomic E-state index is 2.54. The second-order valence-electron chi connectivity index (χ2n) is 3.35. The molecule has 0 amide bonds. The van der Waals surface area contributed by atoms with Crippen LogP contribution in [0.3, 0.4) is 0 Å². The molecule has 0 unspecified atom stereocenters. The van der Waals surface area contributed by atoms with Crippen LogP contribution < -0.4 is 0 Å². The molecule has 2 nitrogen and oxygen atoms in total. The molecule has 0 aromatic rings. The molecule has 1 fully saturated rings. The molecule has 0 spiro atoms. The van der Waals surface area contributed by atoms with Crippen molar-refractivity contribution in [2.75, 3.05) is 40.3 Å². The van der Waals surface area contributed by atoms with E-state index in [0.717, 1.165) is 0 Å². The SMILES string of the molecule is C.CC.CN(C)CCN1CCCC1.I.I.I. The van der Waals surface area contributed by atoms with Gasteiger partial charge in [-0.1, -0.05) is 21.3 Å². The van der Waals surface area contributed by atoms with E-state index in [1.807, 2.05) is 13.8 Å². The summed E-state index contributed by atoms with van der Waals surface area (Å²) >= 11 is 0. The Bertz CT molecular complexity index is 97.2. The van der Waals surface area contributed by atoms with Gasteiger partial charge in [0.25, 0.3) is 0 Å². The van der Waals surface area contributed by atoms with Crippen LogP contribution in [0.1, 0.15) is 34.1 Å². The molecule has 1 rings (SSSR count). The molecule has 5 heteroatoms. The van der Waals surface area contributed by atoms with E-state index in [1.165, 1.54) is 39.0 Å². The summed E-state index contributed by atoms with van der Waals surface area (Å²) in [5, 5.41) is 0. The summed E-state index contributed by atoms with van der Waals surface area (Å²) < 4.78 is 0. The van der Waals surface area contributed by atoms with E-state index in [-0.39, 0.29) is 79.4 Å². The van der Waals surface area contributed by atoms with Crippen LogP contribution in [0.25, 0.3) is 0 Å². The molecular formula is C11H31I3N2. The highest BCUT2D eigenvalue weighted by Gasteiger charge is 2.10. The van der Waals surface area contributed by atoms with Crippen molar-refractivity contribution < 1.29 is 0 Å². The summed E-state index contributed by atoms with van der Waals surface area (Å²) in [5.74, 6) is 0. The van der Waals surface area contributed by atoms with Crippen molar-refractivity contribution in [2.45, 2.75) is 34.1 Å². The zero-order chi connectivity index (χ0) is 9.40. The van der Waals surface area contributed by atoms with Crippen molar-refractivity contribution in [1.29, 1.82) is 0 Å². The molecule has 0 N–H and O–H groups in total. The molecule has 1 heterocycles. The van der Waals surface area contributed by atoms with Crippen molar-refractivity contribution in [3.8, 4) is 0 Å². The van der Waals surface area contributed by atoms with Crippen LogP contribution in [0.2, 0.25) is 0 Å². The van der Waals surface area contributed by atoms with Gasteiger partial charge in [-0.25, -0.2) is 0 Å². The predicted octanol–water partition coefficient (Wildman–Crippen LogP) is 4.16. The lowest BCUT2D eigenvalue weighted by molar-refractivity contribution is 0.284. The van der Waals surface area contributed by atoms with Crippen LogP contribution in [0.15, 0.2) is 0 Å². The Labute approximate surface area is 154 Å². The smallest absolute Gasteiger partial charge is 0.0109 e. The van der Waals surface area contributed by atoms with Gasteiger partial charge in [-0.15, -0.1) is 71.9 Å². The molecule has 1 aliphatic rings. The summed E-state index contributed by atoms with van der Waals surface area (Å²) in [6.07, 6.45) is 2.82. The molecule has 0 radical (unpaired) electrons. The van der Waals surface area contributed by atoms with Crippen molar-refractivity contribution in [3.63, 3.8) is 0 Å². The molecular weight excluding hydrogens is 541 g/mol. The zero-order valence-corrected chi connectivity index (χ0v) is 17.4. The average molecular weight is 572 g/mol. The van der Waals surface area contributed by atoms with E-state index in [0.29, 0.717) is 0 Å². The van der Waals surface area contributed by atoms with Crippen molar-refractivity contribution in [1.82, 2.24) is 9.80 Å². The Kier molecular flexibility index (Phi) is 43.0. The zero-order valence-electron chi connectivity index (χ0n) is 10.4. The number of hydrogen-bond acceptors (Lipinski definition) is 2. The van der Waals surface area contributed by atoms with Gasteiger partial charge in [0, 0.05) is 13.1 Å². The standard InChI is InChI=1S/C8H18N2.C2H6.CH4.3HI/c1-9(2)7-8-10-5-3-4-6-10;1-2;;;;/h3-8H2,1-2H3;1-2H3;1H4;3*1H. The third-order valence-electron chi connectivity index (χ3n) is 2.06. The normalized spacial score (nSPS) is 13.3. The molecule has 0 aliphatic carbocycles. The number of likely N-dealkylation sites (tertiary alicyclic amines) is 1. The summed E-state index contributed by atoms with van der Waals surface area (Å²) in [6, 6.07) is 0. The second-order valence-corrected chi connectivity index (χ2v) is 3.35. The average Bonchev–Trinajstić information content (AvgIpc) is 2.56. The second kappa shape index (κ2) is 22.3. The first-order chi connectivity index (χ1) is 5.79. The summed E-state index contributed by atoms with van der Waals surface area (Å²) in [5.41, 5.74) is 0. The van der Waals surface area contributed by atoms with E-state index in [9.17, 15) is 0 Å². The Balaban J connectivity index is -0.0000000637. The molecule has 0 saturated carbocycles. The van der Waals surface area contributed by atoms with Gasteiger partial charge in [0.15, 0.2) is 0 Å². The maximum atomic E-state index is 2.54. The number of rotatable bonds is 3. The van der Waals surface area contributed by atoms with Gasteiger partial charge in [0.1, 0.15) is 0 Å². The van der Waals surface area contributed by atoms with Gasteiger partial charge in [-0.3, -0.25) is 0 Å². The monoisotopic (exact) mass is 572 g/mol. The Hall–Kier alpha value is 2.11. The van der Waals surface area contributed by atoms with Gasteiger partial charge >= 0.3 is 0 Å². The largest absolute Gasteiger partial charge is 0.308 e. The molecule has 1 aliphatic heterocycles. The third-order valence-corrected chi connectivity index (χ3v) is 2.06. The molecule has 106 valence electrons. The Morgan fingerprint density at radius 3 is 1.62 bits per heavy atom. The predicted molar refractivity (Wildman–Crippen MR) is 109 cm³/mol. The highest BCUT2D eigenvalue weighted by Crippen LogP contribution is 2.05. The van der Waals surface area contributed by atoms with Gasteiger partial charge < -0.3 is 9.80 Å². The molecule has 0 atom stereocenters. The topological polar surface area (TPSA) is 6.48 Å². The third kappa shape index (κ3) is 18.5. The number of likely N-dealkylation sites (N-methyl/N-ethyl adjacent to an activating group) is 1. The van der Waals surface area contributed by atoms with E-state index >= 15 is 0 Å².